The molecule has 0 fully saturated rings. The van der Waals surface area contributed by atoms with Gasteiger partial charge in [0.05, 0.1) is 12.8 Å². The molecule has 0 aromatic heterocycles. The van der Waals surface area contributed by atoms with Crippen LogP contribution in [0.25, 0.3) is 0 Å². The second kappa shape index (κ2) is 5.94. The van der Waals surface area contributed by atoms with E-state index in [1.165, 1.54) is 0 Å². The smallest absolute Gasteiger partial charge is 0.259 e. The van der Waals surface area contributed by atoms with E-state index in [1.54, 1.807) is 42.3 Å². The van der Waals surface area contributed by atoms with E-state index in [9.17, 15) is 9.59 Å². The number of methoxy groups -OCH3 is 1. The summed E-state index contributed by atoms with van der Waals surface area (Å²) in [4.78, 5) is 28.9. The van der Waals surface area contributed by atoms with Gasteiger partial charge in [0.15, 0.2) is 5.78 Å². The van der Waals surface area contributed by atoms with Gasteiger partial charge in [-0.05, 0) is 53.6 Å². The highest BCUT2D eigenvalue weighted by molar-refractivity contribution is 6.30. The first-order valence-electron chi connectivity index (χ1n) is 8.97. The molecule has 0 aliphatic carbocycles. The van der Waals surface area contributed by atoms with E-state index < -0.39 is 5.54 Å². The molecule has 0 spiro atoms. The maximum atomic E-state index is 13.7. The Morgan fingerprint density at radius 3 is 2.46 bits per heavy atom. The van der Waals surface area contributed by atoms with Crippen molar-refractivity contribution in [1.82, 2.24) is 0 Å². The number of nitrogens with zero attached hydrogens (tertiary/aromatic N) is 1. The minimum Gasteiger partial charge on any atom is -0.497 e. The van der Waals surface area contributed by atoms with Crippen LogP contribution in [0.1, 0.15) is 31.8 Å². The van der Waals surface area contributed by atoms with Gasteiger partial charge < -0.3 is 4.74 Å². The molecule has 1 amide bonds. The Labute approximate surface area is 167 Å². The molecule has 0 bridgehead atoms. The fraction of sp³-hybridized carbons (Fsp3) is 0.130. The second-order valence-electron chi connectivity index (χ2n) is 7.05. The number of anilines is 1. The molecular formula is C23H16ClNO3. The number of para-hydroxylation sites is 1. The van der Waals surface area contributed by atoms with Crippen LogP contribution in [0.3, 0.4) is 0 Å². The van der Waals surface area contributed by atoms with Crippen LogP contribution in [0, 0.1) is 0 Å². The Kier molecular flexibility index (Phi) is 3.61. The van der Waals surface area contributed by atoms with Gasteiger partial charge in [0.1, 0.15) is 11.3 Å². The first-order chi connectivity index (χ1) is 13.6. The molecule has 138 valence electrons. The van der Waals surface area contributed by atoms with Crippen LogP contribution in [-0.2, 0) is 12.0 Å². The van der Waals surface area contributed by atoms with Gasteiger partial charge in [-0.2, -0.15) is 0 Å². The molecule has 0 saturated carbocycles. The van der Waals surface area contributed by atoms with E-state index in [0.29, 0.717) is 34.0 Å². The van der Waals surface area contributed by atoms with Crippen molar-refractivity contribution in [2.24, 2.45) is 0 Å². The number of Topliss-reactive ketones (excluding diaryl/α,β-unsaturated/α-hetero) is 1. The van der Waals surface area contributed by atoms with Crippen molar-refractivity contribution in [3.05, 3.63) is 94.0 Å². The summed E-state index contributed by atoms with van der Waals surface area (Å²) in [5.74, 6) is 0.401. The number of benzene rings is 3. The molecular weight excluding hydrogens is 374 g/mol. The Morgan fingerprint density at radius 2 is 1.71 bits per heavy atom. The van der Waals surface area contributed by atoms with Gasteiger partial charge in [0, 0.05) is 22.6 Å². The third kappa shape index (κ3) is 2.12. The highest BCUT2D eigenvalue weighted by Crippen LogP contribution is 2.50. The molecule has 5 rings (SSSR count). The quantitative estimate of drug-likeness (QED) is 0.641. The molecule has 3 aromatic rings. The Bertz CT molecular complexity index is 1140. The van der Waals surface area contributed by atoms with E-state index >= 15 is 0 Å². The summed E-state index contributed by atoms with van der Waals surface area (Å²) >= 11 is 6.08. The maximum Gasteiger partial charge on any atom is 0.259 e. The summed E-state index contributed by atoms with van der Waals surface area (Å²) in [6.45, 7) is 0. The summed E-state index contributed by atoms with van der Waals surface area (Å²) < 4.78 is 5.34. The fourth-order valence-corrected chi connectivity index (χ4v) is 4.49. The van der Waals surface area contributed by atoms with Crippen molar-refractivity contribution < 1.29 is 14.3 Å². The topological polar surface area (TPSA) is 46.6 Å². The number of hydrogen-bond donors (Lipinski definition) is 0. The van der Waals surface area contributed by atoms with Crippen molar-refractivity contribution >= 4 is 29.0 Å². The Morgan fingerprint density at radius 1 is 0.964 bits per heavy atom. The summed E-state index contributed by atoms with van der Waals surface area (Å²) in [7, 11) is 1.59. The van der Waals surface area contributed by atoms with Gasteiger partial charge in [0.2, 0.25) is 0 Å². The zero-order valence-corrected chi connectivity index (χ0v) is 15.9. The van der Waals surface area contributed by atoms with Crippen LogP contribution in [0.2, 0.25) is 5.02 Å². The number of carbonyl (C=O) groups excluding carboxylic acids is 2. The third-order valence-electron chi connectivity index (χ3n) is 5.66. The minimum absolute atomic E-state index is 0.0766. The summed E-state index contributed by atoms with van der Waals surface area (Å²) in [5, 5.41) is 0.582. The molecule has 2 heterocycles. The van der Waals surface area contributed by atoms with Gasteiger partial charge in [-0.15, -0.1) is 0 Å². The van der Waals surface area contributed by atoms with Gasteiger partial charge in [-0.3, -0.25) is 14.5 Å². The highest BCUT2D eigenvalue weighted by atomic mass is 35.5. The summed E-state index contributed by atoms with van der Waals surface area (Å²) in [5.41, 5.74) is 2.23. The van der Waals surface area contributed by atoms with Crippen LogP contribution in [0.5, 0.6) is 5.75 Å². The predicted molar refractivity (Wildman–Crippen MR) is 107 cm³/mol. The fourth-order valence-electron chi connectivity index (χ4n) is 4.37. The number of hydrogen-bond acceptors (Lipinski definition) is 3. The van der Waals surface area contributed by atoms with E-state index in [-0.39, 0.29) is 11.7 Å². The first kappa shape index (κ1) is 17.0. The molecule has 1 atom stereocenters. The second-order valence-corrected chi connectivity index (χ2v) is 7.49. The molecule has 5 heteroatoms. The number of ether oxygens (including phenoxy) is 1. The van der Waals surface area contributed by atoms with Crippen molar-refractivity contribution in [3.63, 3.8) is 0 Å². The van der Waals surface area contributed by atoms with Crippen molar-refractivity contribution in [1.29, 1.82) is 0 Å². The van der Waals surface area contributed by atoms with E-state index in [4.69, 9.17) is 16.3 Å². The normalized spacial score (nSPS) is 19.9. The van der Waals surface area contributed by atoms with Crippen molar-refractivity contribution in [2.45, 2.75) is 12.0 Å². The summed E-state index contributed by atoms with van der Waals surface area (Å²) in [6, 6.07) is 19.9. The minimum atomic E-state index is -1.12. The molecule has 0 radical (unpaired) electrons. The lowest BCUT2D eigenvalue weighted by molar-refractivity contribution is 0.0825. The van der Waals surface area contributed by atoms with Gasteiger partial charge in [0.25, 0.3) is 5.91 Å². The number of amides is 1. The maximum absolute atomic E-state index is 13.7. The molecule has 0 saturated heterocycles. The average Bonchev–Trinajstić information content (AvgIpc) is 2.98. The van der Waals surface area contributed by atoms with Crippen LogP contribution in [0.15, 0.2) is 66.7 Å². The lowest BCUT2D eigenvalue weighted by Crippen LogP contribution is -2.55. The molecule has 4 nitrogen and oxygen atoms in total. The van der Waals surface area contributed by atoms with Crippen molar-refractivity contribution in [3.8, 4) is 5.75 Å². The number of rotatable bonds is 2. The van der Waals surface area contributed by atoms with Crippen molar-refractivity contribution in [2.75, 3.05) is 12.0 Å². The zero-order chi connectivity index (χ0) is 19.5. The van der Waals surface area contributed by atoms with E-state index in [1.807, 2.05) is 36.4 Å². The van der Waals surface area contributed by atoms with Crippen LogP contribution in [-0.4, -0.2) is 18.8 Å². The average molecular weight is 390 g/mol. The Balaban J connectivity index is 1.81. The van der Waals surface area contributed by atoms with Crippen LogP contribution >= 0.6 is 11.6 Å². The highest BCUT2D eigenvalue weighted by Gasteiger charge is 2.57. The van der Waals surface area contributed by atoms with Crippen LogP contribution in [0.4, 0.5) is 5.69 Å². The molecule has 2 aliphatic rings. The van der Waals surface area contributed by atoms with Gasteiger partial charge in [-0.25, -0.2) is 0 Å². The predicted octanol–water partition coefficient (Wildman–Crippen LogP) is 4.64. The van der Waals surface area contributed by atoms with Gasteiger partial charge in [-0.1, -0.05) is 35.9 Å². The lowest BCUT2D eigenvalue weighted by atomic mass is 9.76. The van der Waals surface area contributed by atoms with E-state index in [0.717, 1.165) is 11.1 Å². The van der Waals surface area contributed by atoms with E-state index in [2.05, 4.69) is 0 Å². The number of carbonyl (C=O) groups is 2. The standard InChI is InChI=1S/C23H16ClNO3/c1-28-17-10-11-18-14(12-17)13-23(15-6-8-16(24)9-7-15)21(26)19-4-2-3-5-20(19)25(23)22(18)27/h2-12H,13H2,1H3. The lowest BCUT2D eigenvalue weighted by Gasteiger charge is -2.42. The summed E-state index contributed by atoms with van der Waals surface area (Å²) in [6.07, 6.45) is 0.375. The number of halogens is 1. The molecule has 0 N–H and O–H groups in total. The number of fused-ring (bicyclic) bond motifs is 4. The Hall–Kier alpha value is -3.11. The third-order valence-corrected chi connectivity index (χ3v) is 5.91. The molecule has 28 heavy (non-hydrogen) atoms. The van der Waals surface area contributed by atoms with Crippen LogP contribution < -0.4 is 9.64 Å². The molecule has 3 aromatic carbocycles. The largest absolute Gasteiger partial charge is 0.497 e. The van der Waals surface area contributed by atoms with Gasteiger partial charge >= 0.3 is 0 Å². The zero-order valence-electron chi connectivity index (χ0n) is 15.1. The molecule has 2 aliphatic heterocycles. The molecule has 1 unspecified atom stereocenters. The SMILES string of the molecule is COc1ccc2c(c1)CC1(c3ccc(Cl)cc3)C(=O)c3ccccc3N1C2=O. The first-order valence-corrected chi connectivity index (χ1v) is 9.35. The monoisotopic (exact) mass is 389 g/mol. The number of ketones is 1.